The number of amides is 1. The number of thiazole rings is 1. The van der Waals surface area contributed by atoms with Crippen molar-refractivity contribution in [2.75, 3.05) is 11.1 Å². The molecule has 0 radical (unpaired) electrons. The maximum Gasteiger partial charge on any atom is 0.573 e. The summed E-state index contributed by atoms with van der Waals surface area (Å²) < 4.78 is 41.7. The third-order valence-corrected chi connectivity index (χ3v) is 4.37. The van der Waals surface area contributed by atoms with E-state index in [0.29, 0.717) is 16.0 Å². The van der Waals surface area contributed by atoms with E-state index in [1.807, 2.05) is 0 Å². The standard InChI is InChI=1S/C13H9F3N6O2S2/c14-13(15,16)24-9-3-1-8(2-4-9)22-12(19-20-21-22)26-7-10(23)18-11-17-5-6-25-11/h1-6H,7H2,(H,17,18,23). The van der Waals surface area contributed by atoms with Crippen LogP contribution in [0, 0.1) is 0 Å². The molecule has 1 aromatic carbocycles. The van der Waals surface area contributed by atoms with E-state index in [1.54, 1.807) is 11.6 Å². The second kappa shape index (κ2) is 7.70. The number of nitrogens with zero attached hydrogens (tertiary/aromatic N) is 5. The maximum absolute atomic E-state index is 12.2. The topological polar surface area (TPSA) is 94.8 Å². The van der Waals surface area contributed by atoms with Gasteiger partial charge in [-0.25, -0.2) is 4.98 Å². The number of anilines is 1. The van der Waals surface area contributed by atoms with Crippen molar-refractivity contribution in [3.63, 3.8) is 0 Å². The van der Waals surface area contributed by atoms with Gasteiger partial charge < -0.3 is 10.1 Å². The highest BCUT2D eigenvalue weighted by atomic mass is 32.2. The molecule has 0 aliphatic rings. The summed E-state index contributed by atoms with van der Waals surface area (Å²) in [5.74, 6) is -0.602. The fourth-order valence-corrected chi connectivity index (χ4v) is 3.03. The van der Waals surface area contributed by atoms with Gasteiger partial charge in [0.1, 0.15) is 5.75 Å². The van der Waals surface area contributed by atoms with Crippen LogP contribution in [0.4, 0.5) is 18.3 Å². The van der Waals surface area contributed by atoms with Gasteiger partial charge in [-0.2, -0.15) is 4.68 Å². The Kier molecular flexibility index (Phi) is 5.37. The molecule has 0 unspecified atom stereocenters. The predicted molar refractivity (Wildman–Crippen MR) is 87.3 cm³/mol. The number of halogens is 3. The average Bonchev–Trinajstić information content (AvgIpc) is 3.23. The Labute approximate surface area is 152 Å². The highest BCUT2D eigenvalue weighted by molar-refractivity contribution is 7.99. The summed E-state index contributed by atoms with van der Waals surface area (Å²) in [4.78, 5) is 15.8. The molecule has 13 heteroatoms. The first kappa shape index (κ1) is 18.1. The third-order valence-electron chi connectivity index (χ3n) is 2.77. The molecule has 3 aromatic rings. The minimum absolute atomic E-state index is 0.0369. The van der Waals surface area contributed by atoms with Crippen molar-refractivity contribution < 1.29 is 22.7 Å². The number of ether oxygens (including phenoxy) is 1. The maximum atomic E-state index is 12.2. The van der Waals surface area contributed by atoms with Crippen LogP contribution in [0.5, 0.6) is 5.75 Å². The Balaban J connectivity index is 1.63. The van der Waals surface area contributed by atoms with E-state index >= 15 is 0 Å². The summed E-state index contributed by atoms with van der Waals surface area (Å²) in [6.45, 7) is 0. The first-order valence-electron chi connectivity index (χ1n) is 6.87. The summed E-state index contributed by atoms with van der Waals surface area (Å²) in [5.41, 5.74) is 0.423. The number of tetrazole rings is 1. The summed E-state index contributed by atoms with van der Waals surface area (Å²) >= 11 is 2.36. The number of nitrogens with one attached hydrogen (secondary N) is 1. The van der Waals surface area contributed by atoms with Gasteiger partial charge in [0.15, 0.2) is 5.13 Å². The minimum Gasteiger partial charge on any atom is -0.406 e. The van der Waals surface area contributed by atoms with Gasteiger partial charge in [0.25, 0.3) is 0 Å². The largest absolute Gasteiger partial charge is 0.573 e. The number of carbonyl (C=O) groups is 1. The van der Waals surface area contributed by atoms with Crippen LogP contribution in [0.25, 0.3) is 5.69 Å². The summed E-state index contributed by atoms with van der Waals surface area (Å²) in [5, 5.41) is 16.2. The van der Waals surface area contributed by atoms with E-state index in [4.69, 9.17) is 0 Å². The van der Waals surface area contributed by atoms with Crippen molar-refractivity contribution in [1.82, 2.24) is 25.2 Å². The van der Waals surface area contributed by atoms with Gasteiger partial charge in [-0.3, -0.25) is 4.79 Å². The highest BCUT2D eigenvalue weighted by Gasteiger charge is 2.31. The Morgan fingerprint density at radius 3 is 2.73 bits per heavy atom. The first-order chi connectivity index (χ1) is 12.4. The molecule has 0 spiro atoms. The SMILES string of the molecule is O=C(CSc1nnnn1-c1ccc(OC(F)(F)F)cc1)Nc1nccs1. The summed E-state index contributed by atoms with van der Waals surface area (Å²) in [7, 11) is 0. The van der Waals surface area contributed by atoms with Crippen LogP contribution in [0.15, 0.2) is 41.0 Å². The van der Waals surface area contributed by atoms with Crippen molar-refractivity contribution >= 4 is 34.1 Å². The third kappa shape index (κ3) is 4.92. The zero-order valence-corrected chi connectivity index (χ0v) is 14.3. The molecule has 3 rings (SSSR count). The monoisotopic (exact) mass is 402 g/mol. The van der Waals surface area contributed by atoms with E-state index in [2.05, 4.69) is 30.6 Å². The fraction of sp³-hybridized carbons (Fsp3) is 0.154. The fourth-order valence-electron chi connectivity index (χ4n) is 1.79. The van der Waals surface area contributed by atoms with E-state index in [-0.39, 0.29) is 17.4 Å². The lowest BCUT2D eigenvalue weighted by molar-refractivity contribution is -0.274. The van der Waals surface area contributed by atoms with E-state index in [0.717, 1.165) is 23.9 Å². The molecule has 0 saturated heterocycles. The van der Waals surface area contributed by atoms with Crippen molar-refractivity contribution in [1.29, 1.82) is 0 Å². The predicted octanol–water partition coefficient (Wildman–Crippen LogP) is 2.75. The normalized spacial score (nSPS) is 11.3. The average molecular weight is 402 g/mol. The molecule has 26 heavy (non-hydrogen) atoms. The number of benzene rings is 1. The van der Waals surface area contributed by atoms with E-state index < -0.39 is 6.36 Å². The van der Waals surface area contributed by atoms with Gasteiger partial charge in [0, 0.05) is 11.6 Å². The Bertz CT molecular complexity index is 867. The quantitative estimate of drug-likeness (QED) is 0.634. The molecule has 136 valence electrons. The first-order valence-corrected chi connectivity index (χ1v) is 8.74. The lowest BCUT2D eigenvalue weighted by Gasteiger charge is -2.09. The number of aromatic nitrogens is 5. The number of carbonyl (C=O) groups excluding carboxylic acids is 1. The zero-order valence-electron chi connectivity index (χ0n) is 12.7. The molecule has 1 N–H and O–H groups in total. The molecule has 0 atom stereocenters. The molecule has 0 fully saturated rings. The molecular formula is C13H9F3N6O2S2. The van der Waals surface area contributed by atoms with Crippen molar-refractivity contribution in [3.8, 4) is 11.4 Å². The van der Waals surface area contributed by atoms with Crippen molar-refractivity contribution in [2.45, 2.75) is 11.5 Å². The van der Waals surface area contributed by atoms with Crippen LogP contribution in [-0.4, -0.2) is 43.2 Å². The molecule has 2 aromatic heterocycles. The zero-order chi connectivity index (χ0) is 18.6. The molecule has 0 aliphatic carbocycles. The highest BCUT2D eigenvalue weighted by Crippen LogP contribution is 2.25. The van der Waals surface area contributed by atoms with Gasteiger partial charge in [-0.1, -0.05) is 11.8 Å². The Morgan fingerprint density at radius 1 is 1.31 bits per heavy atom. The number of rotatable bonds is 6. The lowest BCUT2D eigenvalue weighted by Crippen LogP contribution is -2.17. The number of thioether (sulfide) groups is 1. The number of hydrogen-bond acceptors (Lipinski definition) is 8. The molecule has 0 bridgehead atoms. The van der Waals surface area contributed by atoms with E-state index in [9.17, 15) is 18.0 Å². The van der Waals surface area contributed by atoms with Gasteiger partial charge in [-0.05, 0) is 34.7 Å². The smallest absolute Gasteiger partial charge is 0.406 e. The van der Waals surface area contributed by atoms with Crippen molar-refractivity contribution in [3.05, 3.63) is 35.8 Å². The van der Waals surface area contributed by atoms with Crippen LogP contribution < -0.4 is 10.1 Å². The number of hydrogen-bond donors (Lipinski definition) is 1. The molecule has 8 nitrogen and oxygen atoms in total. The van der Waals surface area contributed by atoms with Crippen LogP contribution in [0.2, 0.25) is 0 Å². The molecular weight excluding hydrogens is 393 g/mol. The van der Waals surface area contributed by atoms with Gasteiger partial charge in [0.05, 0.1) is 11.4 Å². The van der Waals surface area contributed by atoms with Crippen LogP contribution >= 0.6 is 23.1 Å². The van der Waals surface area contributed by atoms with Crippen LogP contribution in [0.1, 0.15) is 0 Å². The van der Waals surface area contributed by atoms with E-state index in [1.165, 1.54) is 28.2 Å². The Morgan fingerprint density at radius 2 is 2.08 bits per heavy atom. The molecule has 0 aliphatic heterocycles. The number of alkyl halides is 3. The molecule has 2 heterocycles. The summed E-state index contributed by atoms with van der Waals surface area (Å²) in [6.07, 6.45) is -3.19. The minimum atomic E-state index is -4.76. The second-order valence-electron chi connectivity index (χ2n) is 4.59. The van der Waals surface area contributed by atoms with Crippen LogP contribution in [-0.2, 0) is 4.79 Å². The van der Waals surface area contributed by atoms with Gasteiger partial charge in [-0.15, -0.1) is 29.6 Å². The van der Waals surface area contributed by atoms with Crippen molar-refractivity contribution in [2.24, 2.45) is 0 Å². The second-order valence-corrected chi connectivity index (χ2v) is 6.43. The van der Waals surface area contributed by atoms with Crippen LogP contribution in [0.3, 0.4) is 0 Å². The molecule has 0 saturated carbocycles. The molecule has 1 amide bonds. The lowest BCUT2D eigenvalue weighted by atomic mass is 10.3. The van der Waals surface area contributed by atoms with Gasteiger partial charge in [0.2, 0.25) is 11.1 Å². The summed E-state index contributed by atoms with van der Waals surface area (Å²) in [6, 6.07) is 5.04. The van der Waals surface area contributed by atoms with Gasteiger partial charge >= 0.3 is 6.36 Å². The Hall–Kier alpha value is -2.67.